The van der Waals surface area contributed by atoms with Gasteiger partial charge in [-0.1, -0.05) is 0 Å². The summed E-state index contributed by atoms with van der Waals surface area (Å²) < 4.78 is 5.54. The van der Waals surface area contributed by atoms with Crippen molar-refractivity contribution in [2.24, 2.45) is 0 Å². The summed E-state index contributed by atoms with van der Waals surface area (Å²) in [6.45, 7) is 9.15. The maximum absolute atomic E-state index is 9.52. The molecule has 0 aromatic carbocycles. The van der Waals surface area contributed by atoms with Gasteiger partial charge >= 0.3 is 0 Å². The number of aliphatic hydroxyl groups excluding tert-OH is 1. The maximum Gasteiger partial charge on any atom is 0.0611 e. The molecule has 4 nitrogen and oxygen atoms in total. The number of hydrogen-bond acceptors (Lipinski definition) is 4. The van der Waals surface area contributed by atoms with E-state index in [0.29, 0.717) is 12.1 Å². The second-order valence-corrected chi connectivity index (χ2v) is 6.11. The van der Waals surface area contributed by atoms with Gasteiger partial charge in [-0.2, -0.15) is 0 Å². The first kappa shape index (κ1) is 15.9. The third kappa shape index (κ3) is 6.69. The van der Waals surface area contributed by atoms with Gasteiger partial charge in [0.25, 0.3) is 0 Å². The molecule has 0 saturated heterocycles. The van der Waals surface area contributed by atoms with Gasteiger partial charge in [0.05, 0.1) is 19.3 Å². The maximum atomic E-state index is 9.52. The molecule has 1 saturated carbocycles. The molecule has 0 radical (unpaired) electrons. The van der Waals surface area contributed by atoms with Crippen LogP contribution in [0.2, 0.25) is 0 Å². The Bertz CT molecular complexity index is 232. The van der Waals surface area contributed by atoms with Crippen LogP contribution in [0.5, 0.6) is 0 Å². The monoisotopic (exact) mass is 258 g/mol. The molecule has 4 heteroatoms. The molecule has 1 aliphatic carbocycles. The Morgan fingerprint density at radius 2 is 2.06 bits per heavy atom. The van der Waals surface area contributed by atoms with Crippen molar-refractivity contribution in [1.29, 1.82) is 0 Å². The van der Waals surface area contributed by atoms with Crippen LogP contribution in [0.3, 0.4) is 0 Å². The first-order chi connectivity index (χ1) is 8.45. The molecule has 1 aliphatic rings. The van der Waals surface area contributed by atoms with Crippen molar-refractivity contribution in [2.45, 2.75) is 57.7 Å². The predicted molar refractivity (Wildman–Crippen MR) is 74.9 cm³/mol. The average Bonchev–Trinajstić information content (AvgIpc) is 3.10. The first-order valence-electron chi connectivity index (χ1n) is 7.14. The normalized spacial score (nSPS) is 19.5. The molecule has 1 rings (SSSR count). The van der Waals surface area contributed by atoms with Gasteiger partial charge in [0.15, 0.2) is 0 Å². The Hall–Kier alpha value is -0.160. The van der Waals surface area contributed by atoms with Crippen LogP contribution in [0.15, 0.2) is 0 Å². The fraction of sp³-hybridized carbons (Fsp3) is 1.00. The van der Waals surface area contributed by atoms with E-state index in [0.717, 1.165) is 26.1 Å². The minimum Gasteiger partial charge on any atom is -0.394 e. The van der Waals surface area contributed by atoms with E-state index < -0.39 is 0 Å². The molecule has 108 valence electrons. The molecule has 0 aliphatic heterocycles. The summed E-state index contributed by atoms with van der Waals surface area (Å²) in [5.41, 5.74) is -0.131. The number of ether oxygens (including phenoxy) is 1. The van der Waals surface area contributed by atoms with Crippen molar-refractivity contribution >= 4 is 0 Å². The highest BCUT2D eigenvalue weighted by atomic mass is 16.5. The molecule has 1 unspecified atom stereocenters. The van der Waals surface area contributed by atoms with E-state index in [1.54, 1.807) is 0 Å². The lowest BCUT2D eigenvalue weighted by atomic mass is 9.98. The lowest BCUT2D eigenvalue weighted by molar-refractivity contribution is 0.0607. The van der Waals surface area contributed by atoms with Crippen molar-refractivity contribution in [2.75, 3.05) is 33.4 Å². The highest BCUT2D eigenvalue weighted by molar-refractivity contribution is 4.92. The van der Waals surface area contributed by atoms with Crippen LogP contribution in [0, 0.1) is 0 Å². The third-order valence-electron chi connectivity index (χ3n) is 3.45. The number of likely N-dealkylation sites (N-methyl/N-ethyl adjacent to an activating group) is 1. The lowest BCUT2D eigenvalue weighted by Crippen LogP contribution is -2.49. The topological polar surface area (TPSA) is 44.7 Å². The summed E-state index contributed by atoms with van der Waals surface area (Å²) >= 11 is 0. The first-order valence-corrected chi connectivity index (χ1v) is 7.14. The number of hydrogen-bond donors (Lipinski definition) is 2. The van der Waals surface area contributed by atoms with Gasteiger partial charge in [0.2, 0.25) is 0 Å². The average molecular weight is 258 g/mol. The molecular formula is C14H30N2O2. The second-order valence-electron chi connectivity index (χ2n) is 6.11. The SMILES string of the molecule is CC(C)OCCN(C)CCC(C)(CO)NC1CC1. The highest BCUT2D eigenvalue weighted by Crippen LogP contribution is 2.23. The van der Waals surface area contributed by atoms with Gasteiger partial charge in [0.1, 0.15) is 0 Å². The molecule has 0 aromatic heterocycles. The lowest BCUT2D eigenvalue weighted by Gasteiger charge is -2.31. The highest BCUT2D eigenvalue weighted by Gasteiger charge is 2.31. The van der Waals surface area contributed by atoms with Crippen molar-refractivity contribution in [1.82, 2.24) is 10.2 Å². The van der Waals surface area contributed by atoms with Gasteiger partial charge in [-0.25, -0.2) is 0 Å². The van der Waals surface area contributed by atoms with E-state index in [-0.39, 0.29) is 12.1 Å². The Labute approximate surface area is 112 Å². The van der Waals surface area contributed by atoms with Crippen molar-refractivity contribution in [3.63, 3.8) is 0 Å². The number of nitrogens with one attached hydrogen (secondary N) is 1. The van der Waals surface area contributed by atoms with Gasteiger partial charge in [-0.15, -0.1) is 0 Å². The number of aliphatic hydroxyl groups is 1. The van der Waals surface area contributed by atoms with E-state index in [2.05, 4.69) is 38.0 Å². The zero-order chi connectivity index (χ0) is 13.6. The number of nitrogens with zero attached hydrogens (tertiary/aromatic N) is 1. The zero-order valence-corrected chi connectivity index (χ0v) is 12.4. The third-order valence-corrected chi connectivity index (χ3v) is 3.45. The molecule has 0 bridgehead atoms. The van der Waals surface area contributed by atoms with Crippen LogP contribution in [-0.2, 0) is 4.74 Å². The van der Waals surface area contributed by atoms with Crippen LogP contribution >= 0.6 is 0 Å². The summed E-state index contributed by atoms with van der Waals surface area (Å²) in [6, 6.07) is 0.636. The Morgan fingerprint density at radius 1 is 1.39 bits per heavy atom. The molecule has 18 heavy (non-hydrogen) atoms. The van der Waals surface area contributed by atoms with Gasteiger partial charge < -0.3 is 20.1 Å². The molecule has 0 aromatic rings. The summed E-state index contributed by atoms with van der Waals surface area (Å²) in [5, 5.41) is 13.1. The summed E-state index contributed by atoms with van der Waals surface area (Å²) in [5.74, 6) is 0. The van der Waals surface area contributed by atoms with Crippen molar-refractivity contribution in [3.8, 4) is 0 Å². The van der Waals surface area contributed by atoms with E-state index in [9.17, 15) is 5.11 Å². The minimum atomic E-state index is -0.131. The van der Waals surface area contributed by atoms with Gasteiger partial charge in [-0.05, 0) is 53.6 Å². The van der Waals surface area contributed by atoms with Crippen molar-refractivity contribution in [3.05, 3.63) is 0 Å². The van der Waals surface area contributed by atoms with Gasteiger partial charge in [-0.3, -0.25) is 0 Å². The predicted octanol–water partition coefficient (Wildman–Crippen LogP) is 1.24. The van der Waals surface area contributed by atoms with Crippen LogP contribution in [0.4, 0.5) is 0 Å². The molecular weight excluding hydrogens is 228 g/mol. The van der Waals surface area contributed by atoms with E-state index in [1.165, 1.54) is 12.8 Å². The fourth-order valence-electron chi connectivity index (χ4n) is 1.91. The molecule has 1 fully saturated rings. The Morgan fingerprint density at radius 3 is 2.56 bits per heavy atom. The molecule has 1 atom stereocenters. The van der Waals surface area contributed by atoms with Crippen LogP contribution < -0.4 is 5.32 Å². The minimum absolute atomic E-state index is 0.131. The zero-order valence-electron chi connectivity index (χ0n) is 12.4. The Balaban J connectivity index is 2.15. The van der Waals surface area contributed by atoms with Crippen LogP contribution in [0.1, 0.15) is 40.0 Å². The molecule has 0 amide bonds. The van der Waals surface area contributed by atoms with E-state index in [4.69, 9.17) is 4.74 Å². The fourth-order valence-corrected chi connectivity index (χ4v) is 1.91. The molecule has 2 N–H and O–H groups in total. The molecule has 0 spiro atoms. The van der Waals surface area contributed by atoms with Crippen LogP contribution in [0.25, 0.3) is 0 Å². The van der Waals surface area contributed by atoms with E-state index >= 15 is 0 Å². The van der Waals surface area contributed by atoms with Gasteiger partial charge in [0, 0.05) is 18.1 Å². The summed E-state index contributed by atoms with van der Waals surface area (Å²) in [6.07, 6.45) is 3.79. The van der Waals surface area contributed by atoms with Crippen molar-refractivity contribution < 1.29 is 9.84 Å². The smallest absolute Gasteiger partial charge is 0.0611 e. The van der Waals surface area contributed by atoms with E-state index in [1.807, 2.05) is 0 Å². The quantitative estimate of drug-likeness (QED) is 0.619. The summed E-state index contributed by atoms with van der Waals surface area (Å²) in [7, 11) is 2.11. The molecule has 0 heterocycles. The summed E-state index contributed by atoms with van der Waals surface area (Å²) in [4.78, 5) is 2.27. The second kappa shape index (κ2) is 7.43. The number of rotatable bonds is 10. The Kier molecular flexibility index (Phi) is 6.57. The van der Waals surface area contributed by atoms with Crippen LogP contribution in [-0.4, -0.2) is 61.0 Å². The standard InChI is InChI=1S/C14H30N2O2/c1-12(2)18-10-9-16(4)8-7-14(3,11-17)15-13-5-6-13/h12-13,15,17H,5-11H2,1-4H3. The largest absolute Gasteiger partial charge is 0.394 e.